The number of benzene rings is 1. The van der Waals surface area contributed by atoms with E-state index in [1.165, 1.54) is 16.7 Å². The molecule has 0 saturated heterocycles. The lowest BCUT2D eigenvalue weighted by Gasteiger charge is -2.33. The molecule has 0 bridgehead atoms. The number of nitrogens with zero attached hydrogens (tertiary/aromatic N) is 1. The topological polar surface area (TPSA) is 42.0 Å². The number of hydrogen-bond acceptors (Lipinski definition) is 4. The van der Waals surface area contributed by atoms with Crippen LogP contribution < -0.4 is 5.32 Å². The standard InChI is InChI=1S/C22H19FN2OS/c23-16-7-6-13(11-15(16)14-3-2-9-24-12-14)20-21-17(4-1-5-19(21)26)25-18-8-10-27-22(18)20/h2-3,6-7,9,11-12,20,25H,1,4-5,8,10H2. The van der Waals surface area contributed by atoms with Crippen LogP contribution in [0.15, 0.2) is 64.6 Å². The summed E-state index contributed by atoms with van der Waals surface area (Å²) >= 11 is 1.82. The van der Waals surface area contributed by atoms with E-state index in [2.05, 4.69) is 10.3 Å². The smallest absolute Gasteiger partial charge is 0.161 e. The number of rotatable bonds is 2. The van der Waals surface area contributed by atoms with Gasteiger partial charge in [0.2, 0.25) is 0 Å². The number of aromatic nitrogens is 1. The molecule has 0 saturated carbocycles. The van der Waals surface area contributed by atoms with E-state index in [9.17, 15) is 9.18 Å². The van der Waals surface area contributed by atoms with E-state index in [4.69, 9.17) is 0 Å². The summed E-state index contributed by atoms with van der Waals surface area (Å²) in [5.41, 5.74) is 5.48. The highest BCUT2D eigenvalue weighted by molar-refractivity contribution is 8.03. The van der Waals surface area contributed by atoms with Crippen LogP contribution in [0.5, 0.6) is 0 Å². The summed E-state index contributed by atoms with van der Waals surface area (Å²) in [6, 6.07) is 8.93. The van der Waals surface area contributed by atoms with E-state index in [0.29, 0.717) is 12.0 Å². The van der Waals surface area contributed by atoms with Gasteiger partial charge in [-0.15, -0.1) is 11.8 Å². The van der Waals surface area contributed by atoms with Crippen molar-refractivity contribution in [2.75, 3.05) is 5.75 Å². The van der Waals surface area contributed by atoms with Crippen molar-refractivity contribution >= 4 is 17.5 Å². The van der Waals surface area contributed by atoms with Crippen LogP contribution in [-0.4, -0.2) is 16.5 Å². The molecule has 1 atom stereocenters. The highest BCUT2D eigenvalue weighted by Gasteiger charge is 2.38. The SMILES string of the molecule is O=C1CCCC2=C1C(c1ccc(F)c(-c3cccnc3)c1)C1=C(CCS1)N2. The lowest BCUT2D eigenvalue weighted by Crippen LogP contribution is -2.30. The zero-order chi connectivity index (χ0) is 18.4. The molecule has 1 aromatic carbocycles. The fourth-order valence-electron chi connectivity index (χ4n) is 4.28. The van der Waals surface area contributed by atoms with E-state index in [1.807, 2.05) is 36.0 Å². The lowest BCUT2D eigenvalue weighted by atomic mass is 9.78. The van der Waals surface area contributed by atoms with Gasteiger partial charge in [-0.25, -0.2) is 4.39 Å². The maximum Gasteiger partial charge on any atom is 0.161 e. The average molecular weight is 378 g/mol. The van der Waals surface area contributed by atoms with Gasteiger partial charge in [0.15, 0.2) is 5.78 Å². The Kier molecular flexibility index (Phi) is 4.12. The average Bonchev–Trinajstić information content (AvgIpc) is 3.16. The van der Waals surface area contributed by atoms with Gasteiger partial charge in [-0.1, -0.05) is 12.1 Å². The maximum absolute atomic E-state index is 14.6. The molecular formula is C22H19FN2OS. The number of thioether (sulfide) groups is 1. The van der Waals surface area contributed by atoms with E-state index in [-0.39, 0.29) is 17.5 Å². The summed E-state index contributed by atoms with van der Waals surface area (Å²) in [6.45, 7) is 0. The summed E-state index contributed by atoms with van der Waals surface area (Å²) in [4.78, 5) is 18.2. The van der Waals surface area contributed by atoms with E-state index >= 15 is 0 Å². The Labute approximate surface area is 161 Å². The second-order valence-electron chi connectivity index (χ2n) is 7.15. The Morgan fingerprint density at radius 3 is 2.93 bits per heavy atom. The van der Waals surface area contributed by atoms with Crippen LogP contribution in [-0.2, 0) is 4.79 Å². The number of allylic oxidation sites excluding steroid dienone is 4. The first kappa shape index (κ1) is 16.8. The summed E-state index contributed by atoms with van der Waals surface area (Å²) in [6.07, 6.45) is 6.77. The lowest BCUT2D eigenvalue weighted by molar-refractivity contribution is -0.116. The van der Waals surface area contributed by atoms with Gasteiger partial charge in [0, 0.05) is 63.5 Å². The van der Waals surface area contributed by atoms with Crippen molar-refractivity contribution in [1.29, 1.82) is 0 Å². The molecule has 1 N–H and O–H groups in total. The molecule has 5 rings (SSSR count). The molecule has 1 aliphatic carbocycles. The first-order valence-corrected chi connectivity index (χ1v) is 10.3. The first-order valence-electron chi connectivity index (χ1n) is 9.31. The third-order valence-corrected chi connectivity index (χ3v) is 6.71. The molecule has 136 valence electrons. The molecule has 27 heavy (non-hydrogen) atoms. The molecule has 2 aromatic rings. The third kappa shape index (κ3) is 2.81. The summed E-state index contributed by atoms with van der Waals surface area (Å²) in [5.74, 6) is 0.908. The van der Waals surface area contributed by atoms with Crippen LogP contribution in [0.3, 0.4) is 0 Å². The minimum absolute atomic E-state index is 0.0763. The van der Waals surface area contributed by atoms with Crippen molar-refractivity contribution in [2.24, 2.45) is 0 Å². The van der Waals surface area contributed by atoms with Crippen LogP contribution in [0, 0.1) is 5.82 Å². The quantitative estimate of drug-likeness (QED) is 0.805. The number of nitrogens with one attached hydrogen (secondary N) is 1. The van der Waals surface area contributed by atoms with Crippen LogP contribution in [0.2, 0.25) is 0 Å². The number of halogens is 1. The van der Waals surface area contributed by atoms with Crippen molar-refractivity contribution < 1.29 is 9.18 Å². The Hall–Kier alpha value is -2.40. The molecule has 1 aromatic heterocycles. The second kappa shape index (κ2) is 6.64. The fraction of sp³-hybridized carbons (Fsp3) is 0.273. The molecule has 0 amide bonds. The van der Waals surface area contributed by atoms with Gasteiger partial charge < -0.3 is 5.32 Å². The van der Waals surface area contributed by atoms with E-state index < -0.39 is 0 Å². The van der Waals surface area contributed by atoms with Gasteiger partial charge in [-0.3, -0.25) is 9.78 Å². The molecule has 3 aliphatic rings. The van der Waals surface area contributed by atoms with Crippen LogP contribution in [0.4, 0.5) is 4.39 Å². The Balaban J connectivity index is 1.67. The number of Topliss-reactive ketones (excluding diaryl/α,β-unsaturated/α-hetero) is 1. The molecular weight excluding hydrogens is 359 g/mol. The molecule has 1 unspecified atom stereocenters. The Bertz CT molecular complexity index is 997. The predicted octanol–water partition coefficient (Wildman–Crippen LogP) is 4.93. The summed E-state index contributed by atoms with van der Waals surface area (Å²) in [5, 5.41) is 3.54. The summed E-state index contributed by atoms with van der Waals surface area (Å²) in [7, 11) is 0. The number of hydrogen-bond donors (Lipinski definition) is 1. The van der Waals surface area contributed by atoms with Gasteiger partial charge in [0.05, 0.1) is 0 Å². The minimum atomic E-state index is -0.266. The Morgan fingerprint density at radius 2 is 2.07 bits per heavy atom. The summed E-state index contributed by atoms with van der Waals surface area (Å²) < 4.78 is 14.6. The second-order valence-corrected chi connectivity index (χ2v) is 8.29. The first-order chi connectivity index (χ1) is 13.2. The minimum Gasteiger partial charge on any atom is -0.361 e. The van der Waals surface area contributed by atoms with Crippen molar-refractivity contribution in [2.45, 2.75) is 31.6 Å². The highest BCUT2D eigenvalue weighted by atomic mass is 32.2. The van der Waals surface area contributed by atoms with Gasteiger partial charge in [0.25, 0.3) is 0 Å². The third-order valence-electron chi connectivity index (χ3n) is 5.51. The van der Waals surface area contributed by atoms with Crippen molar-refractivity contribution in [3.63, 3.8) is 0 Å². The monoisotopic (exact) mass is 378 g/mol. The van der Waals surface area contributed by atoms with Crippen molar-refractivity contribution in [3.8, 4) is 11.1 Å². The van der Waals surface area contributed by atoms with Crippen molar-refractivity contribution in [3.05, 3.63) is 76.0 Å². The molecule has 0 spiro atoms. The Morgan fingerprint density at radius 1 is 1.15 bits per heavy atom. The number of ketones is 1. The van der Waals surface area contributed by atoms with Crippen LogP contribution in [0.1, 0.15) is 37.2 Å². The zero-order valence-corrected chi connectivity index (χ0v) is 15.6. The molecule has 0 fully saturated rings. The number of pyridine rings is 1. The molecule has 0 radical (unpaired) electrons. The fourth-order valence-corrected chi connectivity index (χ4v) is 5.55. The van der Waals surface area contributed by atoms with Gasteiger partial charge in [-0.2, -0.15) is 0 Å². The van der Waals surface area contributed by atoms with E-state index in [0.717, 1.165) is 47.4 Å². The zero-order valence-electron chi connectivity index (χ0n) is 14.8. The van der Waals surface area contributed by atoms with Crippen molar-refractivity contribution in [1.82, 2.24) is 10.3 Å². The highest BCUT2D eigenvalue weighted by Crippen LogP contribution is 2.50. The number of carbonyl (C=O) groups excluding carboxylic acids is 1. The van der Waals surface area contributed by atoms with Crippen LogP contribution >= 0.6 is 11.8 Å². The molecule has 3 nitrogen and oxygen atoms in total. The number of carbonyl (C=O) groups is 1. The molecule has 3 heterocycles. The van der Waals surface area contributed by atoms with Gasteiger partial charge in [0.1, 0.15) is 5.82 Å². The molecule has 2 aliphatic heterocycles. The number of dihydropyridines is 1. The van der Waals surface area contributed by atoms with Gasteiger partial charge >= 0.3 is 0 Å². The molecule has 5 heteroatoms. The maximum atomic E-state index is 14.6. The predicted molar refractivity (Wildman–Crippen MR) is 105 cm³/mol. The normalized spacial score (nSPS) is 21.8. The van der Waals surface area contributed by atoms with Crippen LogP contribution in [0.25, 0.3) is 11.1 Å². The van der Waals surface area contributed by atoms with E-state index in [1.54, 1.807) is 12.4 Å². The van der Waals surface area contributed by atoms with Gasteiger partial charge in [-0.05, 0) is 43.0 Å². The largest absolute Gasteiger partial charge is 0.361 e.